The molecule has 0 heterocycles. The van der Waals surface area contributed by atoms with E-state index in [1.54, 1.807) is 30.3 Å². The summed E-state index contributed by atoms with van der Waals surface area (Å²) in [6.07, 6.45) is 0.0303. The molecule has 140 valence electrons. The quantitative estimate of drug-likeness (QED) is 0.682. The smallest absolute Gasteiger partial charge is 0.241 e. The fraction of sp³-hybridized carbons (Fsp3) is 0.278. The van der Waals surface area contributed by atoms with Gasteiger partial charge in [0.1, 0.15) is 11.5 Å². The van der Waals surface area contributed by atoms with E-state index in [0.29, 0.717) is 17.1 Å². The van der Waals surface area contributed by atoms with Gasteiger partial charge in [-0.05, 0) is 62.7 Å². The van der Waals surface area contributed by atoms with Gasteiger partial charge in [0.15, 0.2) is 0 Å². The summed E-state index contributed by atoms with van der Waals surface area (Å²) in [6, 6.07) is 11.9. The van der Waals surface area contributed by atoms with Crippen LogP contribution < -0.4 is 14.8 Å². The molecule has 0 aromatic heterocycles. The second kappa shape index (κ2) is 8.55. The van der Waals surface area contributed by atoms with Crippen LogP contribution in [0.2, 0.25) is 0 Å². The third kappa shape index (κ3) is 6.34. The van der Waals surface area contributed by atoms with Crippen LogP contribution in [0.5, 0.6) is 5.75 Å². The zero-order valence-corrected chi connectivity index (χ0v) is 17.1. The number of hydrogen-bond donors (Lipinski definition) is 2. The molecular weight excluding hydrogens is 420 g/mol. The fourth-order valence-electron chi connectivity index (χ4n) is 2.18. The third-order valence-corrected chi connectivity index (χ3v) is 4.98. The van der Waals surface area contributed by atoms with Crippen molar-refractivity contribution >= 4 is 43.2 Å². The molecular formula is C18H21BrN2O4S. The van der Waals surface area contributed by atoms with E-state index >= 15 is 0 Å². The number of ether oxygens (including phenoxy) is 1. The van der Waals surface area contributed by atoms with E-state index in [1.165, 1.54) is 0 Å². The standard InChI is InChI=1S/C18H21BrN2O4S/c1-12(2)25-16-8-6-15(7-9-16)21-26(23,24)11-18(22)20-17-10-14(19)5-4-13(17)3/h4-10,12,21H,11H2,1-3H3,(H,20,22). The van der Waals surface area contributed by atoms with Gasteiger partial charge < -0.3 is 10.1 Å². The molecule has 0 saturated heterocycles. The van der Waals surface area contributed by atoms with Crippen LogP contribution >= 0.6 is 15.9 Å². The summed E-state index contributed by atoms with van der Waals surface area (Å²) >= 11 is 3.32. The Bertz CT molecular complexity index is 881. The molecule has 1 amide bonds. The summed E-state index contributed by atoms with van der Waals surface area (Å²) in [5.41, 5.74) is 1.77. The first-order valence-corrected chi connectivity index (χ1v) is 10.4. The Hall–Kier alpha value is -2.06. The molecule has 0 aliphatic rings. The molecule has 0 spiro atoms. The molecule has 2 rings (SSSR count). The first kappa shape index (κ1) is 20.3. The van der Waals surface area contributed by atoms with Crippen molar-refractivity contribution in [2.75, 3.05) is 15.8 Å². The van der Waals surface area contributed by atoms with Gasteiger partial charge in [-0.25, -0.2) is 8.42 Å². The van der Waals surface area contributed by atoms with Crippen molar-refractivity contribution in [1.82, 2.24) is 0 Å². The van der Waals surface area contributed by atoms with E-state index in [2.05, 4.69) is 26.0 Å². The molecule has 0 unspecified atom stereocenters. The second-order valence-electron chi connectivity index (χ2n) is 6.06. The molecule has 2 aromatic carbocycles. The Morgan fingerprint density at radius 2 is 1.81 bits per heavy atom. The Kier molecular flexibility index (Phi) is 6.66. The van der Waals surface area contributed by atoms with Crippen molar-refractivity contribution in [3.05, 3.63) is 52.5 Å². The van der Waals surface area contributed by atoms with Gasteiger partial charge in [0.25, 0.3) is 0 Å². The maximum absolute atomic E-state index is 12.2. The summed E-state index contributed by atoms with van der Waals surface area (Å²) < 4.78 is 33.1. The highest BCUT2D eigenvalue weighted by Crippen LogP contribution is 2.21. The number of halogens is 1. The number of sulfonamides is 1. The van der Waals surface area contributed by atoms with Gasteiger partial charge in [-0.1, -0.05) is 22.0 Å². The molecule has 0 atom stereocenters. The molecule has 0 aliphatic heterocycles. The molecule has 2 N–H and O–H groups in total. The normalized spacial score (nSPS) is 11.3. The van der Waals surface area contributed by atoms with E-state index in [-0.39, 0.29) is 6.10 Å². The first-order chi connectivity index (χ1) is 12.1. The number of carbonyl (C=O) groups is 1. The van der Waals surface area contributed by atoms with Crippen LogP contribution in [0.25, 0.3) is 0 Å². The average molecular weight is 441 g/mol. The number of amides is 1. The predicted molar refractivity (Wildman–Crippen MR) is 107 cm³/mol. The maximum atomic E-state index is 12.2. The van der Waals surface area contributed by atoms with E-state index in [1.807, 2.05) is 32.9 Å². The number of rotatable bonds is 7. The molecule has 26 heavy (non-hydrogen) atoms. The summed E-state index contributed by atoms with van der Waals surface area (Å²) in [5.74, 6) is -0.646. The molecule has 0 bridgehead atoms. The van der Waals surface area contributed by atoms with E-state index < -0.39 is 21.7 Å². The summed E-state index contributed by atoms with van der Waals surface area (Å²) in [6.45, 7) is 5.64. The number of hydrogen-bond acceptors (Lipinski definition) is 4. The lowest BCUT2D eigenvalue weighted by molar-refractivity contribution is -0.113. The van der Waals surface area contributed by atoms with Gasteiger partial charge in [0.05, 0.1) is 6.10 Å². The fourth-order valence-corrected chi connectivity index (χ4v) is 3.52. The second-order valence-corrected chi connectivity index (χ2v) is 8.70. The average Bonchev–Trinajstić information content (AvgIpc) is 2.51. The number of anilines is 2. The van der Waals surface area contributed by atoms with Crippen LogP contribution in [-0.2, 0) is 14.8 Å². The minimum Gasteiger partial charge on any atom is -0.491 e. The largest absolute Gasteiger partial charge is 0.491 e. The lowest BCUT2D eigenvalue weighted by atomic mass is 10.2. The molecule has 0 radical (unpaired) electrons. The van der Waals surface area contributed by atoms with E-state index in [9.17, 15) is 13.2 Å². The Morgan fingerprint density at radius 1 is 1.15 bits per heavy atom. The van der Waals surface area contributed by atoms with E-state index in [0.717, 1.165) is 10.0 Å². The molecule has 6 nitrogen and oxygen atoms in total. The Morgan fingerprint density at radius 3 is 2.42 bits per heavy atom. The number of aryl methyl sites for hydroxylation is 1. The maximum Gasteiger partial charge on any atom is 0.241 e. The van der Waals surface area contributed by atoms with Gasteiger partial charge in [-0.3, -0.25) is 9.52 Å². The van der Waals surface area contributed by atoms with Crippen LogP contribution in [0, 0.1) is 6.92 Å². The van der Waals surface area contributed by atoms with Crippen LogP contribution in [0.4, 0.5) is 11.4 Å². The van der Waals surface area contributed by atoms with Gasteiger partial charge in [0, 0.05) is 15.8 Å². The monoisotopic (exact) mass is 440 g/mol. The van der Waals surface area contributed by atoms with Gasteiger partial charge in [-0.15, -0.1) is 0 Å². The summed E-state index contributed by atoms with van der Waals surface area (Å²) in [5, 5.41) is 2.62. The van der Waals surface area contributed by atoms with Crippen molar-refractivity contribution in [2.45, 2.75) is 26.9 Å². The lowest BCUT2D eigenvalue weighted by Gasteiger charge is -2.12. The number of carbonyl (C=O) groups excluding carboxylic acids is 1. The van der Waals surface area contributed by atoms with Crippen molar-refractivity contribution in [3.8, 4) is 5.75 Å². The van der Waals surface area contributed by atoms with Crippen LogP contribution in [0.1, 0.15) is 19.4 Å². The SMILES string of the molecule is Cc1ccc(Br)cc1NC(=O)CS(=O)(=O)Nc1ccc(OC(C)C)cc1. The van der Waals surface area contributed by atoms with Gasteiger partial charge in [-0.2, -0.15) is 0 Å². The topological polar surface area (TPSA) is 84.5 Å². The summed E-state index contributed by atoms with van der Waals surface area (Å²) in [4.78, 5) is 12.1. The van der Waals surface area contributed by atoms with Crippen LogP contribution in [-0.4, -0.2) is 26.2 Å². The number of nitrogens with one attached hydrogen (secondary N) is 2. The van der Waals surface area contributed by atoms with Crippen molar-refractivity contribution in [2.24, 2.45) is 0 Å². The Balaban J connectivity index is 1.99. The molecule has 0 saturated carbocycles. The summed E-state index contributed by atoms with van der Waals surface area (Å²) in [7, 11) is -3.83. The zero-order valence-electron chi connectivity index (χ0n) is 14.7. The van der Waals surface area contributed by atoms with E-state index in [4.69, 9.17) is 4.74 Å². The van der Waals surface area contributed by atoms with Gasteiger partial charge in [0.2, 0.25) is 15.9 Å². The first-order valence-electron chi connectivity index (χ1n) is 7.98. The lowest BCUT2D eigenvalue weighted by Crippen LogP contribution is -2.27. The van der Waals surface area contributed by atoms with Crippen molar-refractivity contribution in [3.63, 3.8) is 0 Å². The predicted octanol–water partition coefficient (Wildman–Crippen LogP) is 3.93. The van der Waals surface area contributed by atoms with Crippen molar-refractivity contribution in [1.29, 1.82) is 0 Å². The number of benzene rings is 2. The van der Waals surface area contributed by atoms with Crippen LogP contribution in [0.3, 0.4) is 0 Å². The Labute approximate surface area is 162 Å². The highest BCUT2D eigenvalue weighted by atomic mass is 79.9. The highest BCUT2D eigenvalue weighted by Gasteiger charge is 2.17. The minimum absolute atomic E-state index is 0.0303. The molecule has 0 aliphatic carbocycles. The highest BCUT2D eigenvalue weighted by molar-refractivity contribution is 9.10. The third-order valence-electron chi connectivity index (χ3n) is 3.29. The molecule has 0 fully saturated rings. The zero-order chi connectivity index (χ0) is 19.3. The minimum atomic E-state index is -3.83. The van der Waals surface area contributed by atoms with Crippen molar-refractivity contribution < 1.29 is 17.9 Å². The van der Waals surface area contributed by atoms with Gasteiger partial charge >= 0.3 is 0 Å². The van der Waals surface area contributed by atoms with Crippen LogP contribution in [0.15, 0.2) is 46.9 Å². The molecule has 2 aromatic rings. The molecule has 8 heteroatoms.